The molecule has 1 spiro atoms. The van der Waals surface area contributed by atoms with E-state index in [0.717, 1.165) is 16.7 Å². The maximum atomic E-state index is 13.0. The molecule has 1 N–H and O–H groups in total. The van der Waals surface area contributed by atoms with Gasteiger partial charge in [-0.1, -0.05) is 0 Å². The van der Waals surface area contributed by atoms with Gasteiger partial charge in [-0.3, -0.25) is 9.59 Å². The molecule has 2 bridgehead atoms. The first-order chi connectivity index (χ1) is 14.4. The molecule has 1 fully saturated rings. The third-order valence-electron chi connectivity index (χ3n) is 6.37. The van der Waals surface area contributed by atoms with Crippen LogP contribution in [0.2, 0.25) is 0 Å². The Hall–Kier alpha value is -2.58. The van der Waals surface area contributed by atoms with Crippen LogP contribution >= 0.6 is 0 Å². The minimum atomic E-state index is -1.34. The highest BCUT2D eigenvalue weighted by Gasteiger charge is 2.62. The van der Waals surface area contributed by atoms with Gasteiger partial charge in [-0.2, -0.15) is 0 Å². The van der Waals surface area contributed by atoms with E-state index in [4.69, 9.17) is 23.7 Å². The fourth-order valence-electron chi connectivity index (χ4n) is 5.11. The first-order valence-corrected chi connectivity index (χ1v) is 9.97. The summed E-state index contributed by atoms with van der Waals surface area (Å²) in [5.74, 6) is -0.242. The van der Waals surface area contributed by atoms with Crippen molar-refractivity contribution < 1.29 is 33.3 Å². The van der Waals surface area contributed by atoms with Crippen molar-refractivity contribution in [1.29, 1.82) is 0 Å². The lowest BCUT2D eigenvalue weighted by atomic mass is 9.79. The number of ether oxygens (including phenoxy) is 5. The minimum absolute atomic E-state index is 0.168. The maximum absolute atomic E-state index is 13.0. The monoisotopic (exact) mass is 417 g/mol. The van der Waals surface area contributed by atoms with Crippen LogP contribution in [0.5, 0.6) is 17.2 Å². The standard InChI is InChI=1S/C22H27NO7/c1-12(24)23-15-7-6-13-10-16(26-2)19(27-3)20(28-4)18(13)21-8-9-22(29-5,30-21)17(25)11-14(15)21/h10-11,15H,6-9H2,1-5H3,(H,23,24). The summed E-state index contributed by atoms with van der Waals surface area (Å²) in [6.07, 6.45) is 3.73. The molecule has 2 heterocycles. The van der Waals surface area contributed by atoms with Crippen LogP contribution in [-0.2, 0) is 31.1 Å². The number of aryl methyl sites for hydroxylation is 1. The van der Waals surface area contributed by atoms with Gasteiger partial charge in [-0.15, -0.1) is 0 Å². The summed E-state index contributed by atoms with van der Waals surface area (Å²) >= 11 is 0. The summed E-state index contributed by atoms with van der Waals surface area (Å²) in [6.45, 7) is 1.47. The average molecular weight is 417 g/mol. The van der Waals surface area contributed by atoms with Gasteiger partial charge in [-0.05, 0) is 42.5 Å². The summed E-state index contributed by atoms with van der Waals surface area (Å²) in [7, 11) is 6.17. The summed E-state index contributed by atoms with van der Waals surface area (Å²) in [6, 6.07) is 1.57. The van der Waals surface area contributed by atoms with E-state index in [0.29, 0.717) is 42.9 Å². The van der Waals surface area contributed by atoms with E-state index in [2.05, 4.69) is 5.32 Å². The zero-order valence-electron chi connectivity index (χ0n) is 17.9. The van der Waals surface area contributed by atoms with Gasteiger partial charge in [0.2, 0.25) is 23.2 Å². The Morgan fingerprint density at radius 3 is 2.47 bits per heavy atom. The van der Waals surface area contributed by atoms with Gasteiger partial charge in [-0.25, -0.2) is 0 Å². The van der Waals surface area contributed by atoms with Gasteiger partial charge in [0, 0.05) is 26.0 Å². The molecular formula is C22H27NO7. The van der Waals surface area contributed by atoms with Crippen LogP contribution in [0, 0.1) is 0 Å². The molecule has 8 nitrogen and oxygen atoms in total. The predicted molar refractivity (Wildman–Crippen MR) is 107 cm³/mol. The fraction of sp³-hybridized carbons (Fsp3) is 0.545. The van der Waals surface area contributed by atoms with E-state index in [1.165, 1.54) is 14.0 Å². The molecule has 30 heavy (non-hydrogen) atoms. The molecule has 1 aromatic carbocycles. The van der Waals surface area contributed by atoms with E-state index in [1.807, 2.05) is 6.07 Å². The molecule has 0 radical (unpaired) electrons. The highest BCUT2D eigenvalue weighted by molar-refractivity contribution is 5.99. The average Bonchev–Trinajstić information content (AvgIpc) is 3.04. The predicted octanol–water partition coefficient (Wildman–Crippen LogP) is 2.02. The molecular weight excluding hydrogens is 390 g/mol. The molecule has 3 unspecified atom stereocenters. The van der Waals surface area contributed by atoms with Crippen LogP contribution < -0.4 is 19.5 Å². The quantitative estimate of drug-likeness (QED) is 0.784. The van der Waals surface area contributed by atoms with Gasteiger partial charge in [0.25, 0.3) is 0 Å². The number of carbonyl (C=O) groups excluding carboxylic acids is 2. The fourth-order valence-corrected chi connectivity index (χ4v) is 5.11. The molecule has 1 aromatic rings. The lowest BCUT2D eigenvalue weighted by Crippen LogP contribution is -2.50. The van der Waals surface area contributed by atoms with Gasteiger partial charge in [0.05, 0.1) is 27.4 Å². The number of hydrogen-bond acceptors (Lipinski definition) is 7. The first-order valence-electron chi connectivity index (χ1n) is 9.97. The summed E-state index contributed by atoms with van der Waals surface area (Å²) in [5, 5.41) is 3.00. The highest BCUT2D eigenvalue weighted by atomic mass is 16.7. The van der Waals surface area contributed by atoms with Crippen LogP contribution in [0.25, 0.3) is 0 Å². The summed E-state index contributed by atoms with van der Waals surface area (Å²) in [5.41, 5.74) is 1.50. The topological polar surface area (TPSA) is 92.3 Å². The van der Waals surface area contributed by atoms with Crippen LogP contribution in [0.15, 0.2) is 17.7 Å². The van der Waals surface area contributed by atoms with Crippen molar-refractivity contribution in [3.05, 3.63) is 28.8 Å². The Morgan fingerprint density at radius 1 is 1.13 bits per heavy atom. The van der Waals surface area contributed by atoms with Crippen molar-refractivity contribution in [2.45, 2.75) is 50.0 Å². The molecule has 2 aliphatic heterocycles. The Bertz CT molecular complexity index is 940. The Morgan fingerprint density at radius 2 is 1.87 bits per heavy atom. The first kappa shape index (κ1) is 20.7. The lowest BCUT2D eigenvalue weighted by molar-refractivity contribution is -0.228. The summed E-state index contributed by atoms with van der Waals surface area (Å²) < 4.78 is 29.0. The van der Waals surface area contributed by atoms with Crippen molar-refractivity contribution in [3.63, 3.8) is 0 Å². The van der Waals surface area contributed by atoms with E-state index in [1.54, 1.807) is 27.4 Å². The third-order valence-corrected chi connectivity index (χ3v) is 6.37. The van der Waals surface area contributed by atoms with Gasteiger partial charge in [0.15, 0.2) is 11.5 Å². The van der Waals surface area contributed by atoms with Crippen molar-refractivity contribution in [2.24, 2.45) is 0 Å². The number of carbonyl (C=O) groups is 2. The van der Waals surface area contributed by atoms with E-state index >= 15 is 0 Å². The number of nitrogens with one attached hydrogen (secondary N) is 1. The van der Waals surface area contributed by atoms with Crippen LogP contribution in [0.1, 0.15) is 37.3 Å². The SMILES string of the molecule is COc1cc2c(c(OC)c1OC)C13CCC(OC)(O1)C(=O)C=C3C(NC(C)=O)CC2. The lowest BCUT2D eigenvalue weighted by Gasteiger charge is -2.41. The maximum Gasteiger partial charge on any atom is 0.234 e. The molecule has 8 heteroatoms. The molecule has 1 aliphatic carbocycles. The Kier molecular flexibility index (Phi) is 5.02. The molecule has 1 amide bonds. The van der Waals surface area contributed by atoms with Gasteiger partial charge in [0.1, 0.15) is 5.60 Å². The second-order valence-electron chi connectivity index (χ2n) is 7.82. The number of amides is 1. The van der Waals surface area contributed by atoms with Crippen LogP contribution in [0.3, 0.4) is 0 Å². The largest absolute Gasteiger partial charge is 0.493 e. The third kappa shape index (κ3) is 2.74. The normalized spacial score (nSPS) is 29.3. The van der Waals surface area contributed by atoms with Gasteiger partial charge < -0.3 is 29.0 Å². The number of ketones is 1. The second kappa shape index (κ2) is 7.28. The number of methoxy groups -OCH3 is 4. The van der Waals surface area contributed by atoms with E-state index in [-0.39, 0.29) is 17.7 Å². The second-order valence-corrected chi connectivity index (χ2v) is 7.82. The minimum Gasteiger partial charge on any atom is -0.493 e. The van der Waals surface area contributed by atoms with Crippen molar-refractivity contribution in [3.8, 4) is 17.2 Å². The van der Waals surface area contributed by atoms with Crippen molar-refractivity contribution >= 4 is 11.7 Å². The number of rotatable bonds is 5. The highest BCUT2D eigenvalue weighted by Crippen LogP contribution is 2.60. The Labute approximate surface area is 175 Å². The molecule has 3 aliphatic rings. The van der Waals surface area contributed by atoms with E-state index < -0.39 is 11.4 Å². The summed E-state index contributed by atoms with van der Waals surface area (Å²) in [4.78, 5) is 24.9. The number of hydrogen-bond donors (Lipinski definition) is 1. The van der Waals surface area contributed by atoms with Crippen molar-refractivity contribution in [1.82, 2.24) is 5.32 Å². The Balaban J connectivity index is 2.03. The molecule has 4 rings (SSSR count). The van der Waals surface area contributed by atoms with Crippen LogP contribution in [0.4, 0.5) is 0 Å². The molecule has 3 atom stereocenters. The molecule has 162 valence electrons. The van der Waals surface area contributed by atoms with Gasteiger partial charge >= 0.3 is 0 Å². The van der Waals surface area contributed by atoms with Crippen LogP contribution in [-0.4, -0.2) is 52.0 Å². The molecule has 1 saturated heterocycles. The number of benzene rings is 1. The van der Waals surface area contributed by atoms with Crippen molar-refractivity contribution in [2.75, 3.05) is 28.4 Å². The zero-order valence-corrected chi connectivity index (χ0v) is 17.9. The van der Waals surface area contributed by atoms with E-state index in [9.17, 15) is 9.59 Å². The molecule has 0 saturated carbocycles. The number of fused-ring (bicyclic) bond motifs is 2. The molecule has 0 aromatic heterocycles. The zero-order chi connectivity index (χ0) is 21.7. The smallest absolute Gasteiger partial charge is 0.234 e.